The van der Waals surface area contributed by atoms with Crippen LogP contribution in [0.1, 0.15) is 58.3 Å². The molecule has 2 N–H and O–H groups in total. The Morgan fingerprint density at radius 2 is 1.80 bits per heavy atom. The Labute approximate surface area is 124 Å². The van der Waals surface area contributed by atoms with Crippen molar-refractivity contribution in [1.29, 1.82) is 0 Å². The molecule has 0 spiro atoms. The van der Waals surface area contributed by atoms with Gasteiger partial charge in [0.05, 0.1) is 5.75 Å². The van der Waals surface area contributed by atoms with Gasteiger partial charge in [0.15, 0.2) is 0 Å². The van der Waals surface area contributed by atoms with E-state index in [1.165, 1.54) is 19.3 Å². The van der Waals surface area contributed by atoms with Crippen LogP contribution in [0, 0.1) is 11.8 Å². The summed E-state index contributed by atoms with van der Waals surface area (Å²) < 4.78 is 27.1. The molecule has 1 saturated heterocycles. The molecule has 1 saturated carbocycles. The van der Waals surface area contributed by atoms with Crippen molar-refractivity contribution in [2.24, 2.45) is 17.6 Å². The number of piperidine rings is 1. The third-order valence-electron chi connectivity index (χ3n) is 5.15. The van der Waals surface area contributed by atoms with Crippen LogP contribution in [0.25, 0.3) is 0 Å². The van der Waals surface area contributed by atoms with Crippen LogP contribution >= 0.6 is 0 Å². The van der Waals surface area contributed by atoms with E-state index in [1.807, 2.05) is 0 Å². The maximum Gasteiger partial charge on any atom is 0.214 e. The van der Waals surface area contributed by atoms with Gasteiger partial charge < -0.3 is 5.73 Å². The lowest BCUT2D eigenvalue weighted by molar-refractivity contribution is 0.196. The van der Waals surface area contributed by atoms with Crippen LogP contribution in [-0.4, -0.2) is 37.6 Å². The first-order valence-electron chi connectivity index (χ1n) is 8.26. The zero-order valence-electron chi connectivity index (χ0n) is 12.8. The average Bonchev–Trinajstić information content (AvgIpc) is 2.47. The molecule has 2 fully saturated rings. The van der Waals surface area contributed by atoms with Crippen molar-refractivity contribution in [3.8, 4) is 0 Å². The molecule has 2 unspecified atom stereocenters. The van der Waals surface area contributed by atoms with Gasteiger partial charge in [-0.25, -0.2) is 8.42 Å². The second-order valence-corrected chi connectivity index (χ2v) is 8.55. The Hall–Kier alpha value is -0.130. The van der Waals surface area contributed by atoms with E-state index in [0.29, 0.717) is 30.7 Å². The van der Waals surface area contributed by atoms with Crippen molar-refractivity contribution in [2.45, 2.75) is 64.3 Å². The van der Waals surface area contributed by atoms with Gasteiger partial charge >= 0.3 is 0 Å². The van der Waals surface area contributed by atoms with Crippen molar-refractivity contribution >= 4 is 10.0 Å². The van der Waals surface area contributed by atoms with Gasteiger partial charge in [0.1, 0.15) is 0 Å². The fraction of sp³-hybridized carbons (Fsp3) is 1.00. The highest BCUT2D eigenvalue weighted by Crippen LogP contribution is 2.30. The molecule has 20 heavy (non-hydrogen) atoms. The predicted octanol–water partition coefficient (Wildman–Crippen LogP) is 2.35. The lowest BCUT2D eigenvalue weighted by Gasteiger charge is -2.38. The quantitative estimate of drug-likeness (QED) is 0.848. The van der Waals surface area contributed by atoms with Crippen molar-refractivity contribution in [1.82, 2.24) is 4.31 Å². The zero-order valence-corrected chi connectivity index (χ0v) is 13.6. The highest BCUT2D eigenvalue weighted by atomic mass is 32.2. The largest absolute Gasteiger partial charge is 0.329 e. The second kappa shape index (κ2) is 7.23. The van der Waals surface area contributed by atoms with Gasteiger partial charge in [-0.15, -0.1) is 0 Å². The number of sulfonamides is 1. The van der Waals surface area contributed by atoms with E-state index in [1.54, 1.807) is 4.31 Å². The standard InChI is InChI=1S/C15H30N2O2S/c1-2-13-8-9-17(15(10-13)11-16)20(18,19)12-14-6-4-3-5-7-14/h13-15H,2-12,16H2,1H3. The Balaban J connectivity index is 2.00. The lowest BCUT2D eigenvalue weighted by Crippen LogP contribution is -2.50. The van der Waals surface area contributed by atoms with Crippen molar-refractivity contribution in [3.05, 3.63) is 0 Å². The van der Waals surface area contributed by atoms with E-state index in [-0.39, 0.29) is 6.04 Å². The minimum atomic E-state index is -3.12. The topological polar surface area (TPSA) is 63.4 Å². The molecule has 2 rings (SSSR count). The van der Waals surface area contributed by atoms with Crippen LogP contribution in [-0.2, 0) is 10.0 Å². The maximum atomic E-state index is 12.7. The Kier molecular flexibility index (Phi) is 5.87. The molecule has 118 valence electrons. The van der Waals surface area contributed by atoms with Gasteiger partial charge in [0.25, 0.3) is 0 Å². The molecule has 0 radical (unpaired) electrons. The van der Waals surface area contributed by atoms with Gasteiger partial charge in [0, 0.05) is 19.1 Å². The fourth-order valence-corrected chi connectivity index (χ4v) is 5.94. The number of hydrogen-bond donors (Lipinski definition) is 1. The summed E-state index contributed by atoms with van der Waals surface area (Å²) in [5.41, 5.74) is 5.83. The summed E-state index contributed by atoms with van der Waals surface area (Å²) in [4.78, 5) is 0. The van der Waals surface area contributed by atoms with Gasteiger partial charge in [-0.2, -0.15) is 4.31 Å². The number of rotatable bonds is 5. The molecular formula is C15H30N2O2S. The SMILES string of the molecule is CCC1CCN(S(=O)(=O)CC2CCCCC2)C(CN)C1. The summed E-state index contributed by atoms with van der Waals surface area (Å²) >= 11 is 0. The summed E-state index contributed by atoms with van der Waals surface area (Å²) in [7, 11) is -3.12. The van der Waals surface area contributed by atoms with Crippen LogP contribution in [0.5, 0.6) is 0 Å². The summed E-state index contributed by atoms with van der Waals surface area (Å²) in [6, 6.07) is 0.0299. The van der Waals surface area contributed by atoms with E-state index in [4.69, 9.17) is 5.73 Å². The molecular weight excluding hydrogens is 272 g/mol. The van der Waals surface area contributed by atoms with Crippen molar-refractivity contribution < 1.29 is 8.42 Å². The smallest absolute Gasteiger partial charge is 0.214 e. The summed E-state index contributed by atoms with van der Waals surface area (Å²) in [5.74, 6) is 1.36. The van der Waals surface area contributed by atoms with Crippen LogP contribution < -0.4 is 5.73 Å². The maximum absolute atomic E-state index is 12.7. The number of nitrogens with two attached hydrogens (primary N) is 1. The van der Waals surface area contributed by atoms with E-state index in [9.17, 15) is 8.42 Å². The molecule has 0 aromatic carbocycles. The van der Waals surface area contributed by atoms with Gasteiger partial charge in [-0.3, -0.25) is 0 Å². The molecule has 0 aromatic rings. The molecule has 4 nitrogen and oxygen atoms in total. The Morgan fingerprint density at radius 3 is 2.40 bits per heavy atom. The van der Waals surface area contributed by atoms with E-state index >= 15 is 0 Å². The molecule has 0 bridgehead atoms. The average molecular weight is 302 g/mol. The number of hydrogen-bond acceptors (Lipinski definition) is 3. The third-order valence-corrected chi connectivity index (χ3v) is 7.24. The molecule has 5 heteroatoms. The van der Waals surface area contributed by atoms with Crippen molar-refractivity contribution in [3.63, 3.8) is 0 Å². The number of nitrogens with zero attached hydrogens (tertiary/aromatic N) is 1. The molecule has 0 aromatic heterocycles. The summed E-state index contributed by atoms with van der Waals surface area (Å²) in [6.07, 6.45) is 8.89. The first-order chi connectivity index (χ1) is 9.56. The molecule has 1 heterocycles. The third kappa shape index (κ3) is 3.95. The fourth-order valence-electron chi connectivity index (χ4n) is 3.81. The molecule has 2 atom stereocenters. The van der Waals surface area contributed by atoms with Gasteiger partial charge in [-0.05, 0) is 37.5 Å². The second-order valence-electron chi connectivity index (χ2n) is 6.58. The lowest BCUT2D eigenvalue weighted by atomic mass is 9.90. The van der Waals surface area contributed by atoms with E-state index < -0.39 is 10.0 Å². The van der Waals surface area contributed by atoms with Crippen molar-refractivity contribution in [2.75, 3.05) is 18.8 Å². The van der Waals surface area contributed by atoms with Crippen LogP contribution in [0.3, 0.4) is 0 Å². The minimum absolute atomic E-state index is 0.0299. The normalized spacial score (nSPS) is 30.5. The first-order valence-corrected chi connectivity index (χ1v) is 9.87. The Bertz CT molecular complexity index is 391. The zero-order chi connectivity index (χ0) is 14.6. The van der Waals surface area contributed by atoms with Crippen LogP contribution in [0.4, 0.5) is 0 Å². The first kappa shape index (κ1) is 16.2. The van der Waals surface area contributed by atoms with Crippen LogP contribution in [0.2, 0.25) is 0 Å². The highest BCUT2D eigenvalue weighted by Gasteiger charge is 2.35. The highest BCUT2D eigenvalue weighted by molar-refractivity contribution is 7.89. The molecule has 1 aliphatic carbocycles. The van der Waals surface area contributed by atoms with E-state index in [0.717, 1.165) is 32.1 Å². The summed E-state index contributed by atoms with van der Waals surface area (Å²) in [6.45, 7) is 3.32. The van der Waals surface area contributed by atoms with E-state index in [2.05, 4.69) is 6.92 Å². The van der Waals surface area contributed by atoms with Gasteiger partial charge in [0.2, 0.25) is 10.0 Å². The predicted molar refractivity (Wildman–Crippen MR) is 82.9 cm³/mol. The molecule has 2 aliphatic rings. The summed E-state index contributed by atoms with van der Waals surface area (Å²) in [5, 5.41) is 0. The van der Waals surface area contributed by atoms with Crippen LogP contribution in [0.15, 0.2) is 0 Å². The monoisotopic (exact) mass is 302 g/mol. The molecule has 0 amide bonds. The van der Waals surface area contributed by atoms with Gasteiger partial charge in [-0.1, -0.05) is 32.6 Å². The Morgan fingerprint density at radius 1 is 1.10 bits per heavy atom. The molecule has 1 aliphatic heterocycles. The minimum Gasteiger partial charge on any atom is -0.329 e.